The Kier molecular flexibility index (Phi) is 6.63. The minimum Gasteiger partial charge on any atom is -0.375 e. The first-order valence-corrected chi connectivity index (χ1v) is 12.1. The predicted molar refractivity (Wildman–Crippen MR) is 113 cm³/mol. The second-order valence-corrected chi connectivity index (χ2v) is 10.3. The van der Waals surface area contributed by atoms with Crippen molar-refractivity contribution in [3.8, 4) is 6.07 Å². The van der Waals surface area contributed by atoms with Crippen LogP contribution < -0.4 is 5.32 Å². The van der Waals surface area contributed by atoms with E-state index in [0.29, 0.717) is 6.42 Å². The number of hydrogen-bond acceptors (Lipinski definition) is 5. The van der Waals surface area contributed by atoms with Crippen LogP contribution in [-0.2, 0) is 27.5 Å². The molecule has 1 saturated heterocycles. The zero-order valence-corrected chi connectivity index (χ0v) is 18.0. The Morgan fingerprint density at radius 2 is 2.07 bits per heavy atom. The lowest BCUT2D eigenvalue weighted by Gasteiger charge is -2.23. The number of aryl methyl sites for hydroxylation is 2. The van der Waals surface area contributed by atoms with Crippen molar-refractivity contribution in [3.63, 3.8) is 0 Å². The molecule has 1 N–H and O–H groups in total. The highest BCUT2D eigenvalue weighted by molar-refractivity contribution is 7.91. The third-order valence-corrected chi connectivity index (χ3v) is 7.72. The van der Waals surface area contributed by atoms with Crippen LogP contribution in [0.2, 0.25) is 0 Å². The minimum absolute atomic E-state index is 0.00629. The fourth-order valence-electron chi connectivity index (χ4n) is 4.17. The molecule has 6 nitrogen and oxygen atoms in total. The van der Waals surface area contributed by atoms with Crippen LogP contribution >= 0.6 is 0 Å². The van der Waals surface area contributed by atoms with E-state index in [2.05, 4.69) is 23.5 Å². The molecule has 7 heteroatoms. The van der Waals surface area contributed by atoms with Gasteiger partial charge in [0.2, 0.25) is 0 Å². The van der Waals surface area contributed by atoms with Gasteiger partial charge >= 0.3 is 0 Å². The third kappa shape index (κ3) is 5.18. The zero-order valence-electron chi connectivity index (χ0n) is 17.1. The molecule has 1 amide bonds. The number of nitrogens with zero attached hydrogens (tertiary/aromatic N) is 2. The van der Waals surface area contributed by atoms with Crippen LogP contribution in [-0.4, -0.2) is 43.8 Å². The average molecular weight is 416 g/mol. The van der Waals surface area contributed by atoms with Crippen molar-refractivity contribution in [2.45, 2.75) is 57.5 Å². The second-order valence-electron chi connectivity index (χ2n) is 8.05. The van der Waals surface area contributed by atoms with Crippen LogP contribution in [0.5, 0.6) is 0 Å². The van der Waals surface area contributed by atoms with E-state index in [1.807, 2.05) is 13.0 Å². The molecule has 0 bridgehead atoms. The third-order valence-electron chi connectivity index (χ3n) is 5.97. The molecule has 1 aliphatic carbocycles. The fourth-order valence-corrected chi connectivity index (χ4v) is 5.96. The van der Waals surface area contributed by atoms with Gasteiger partial charge in [0.1, 0.15) is 11.6 Å². The molecule has 2 unspecified atom stereocenters. The Morgan fingerprint density at radius 3 is 2.69 bits per heavy atom. The molecule has 3 rings (SSSR count). The van der Waals surface area contributed by atoms with Crippen LogP contribution in [0.3, 0.4) is 0 Å². The summed E-state index contributed by atoms with van der Waals surface area (Å²) in [5.41, 5.74) is 3.81. The van der Waals surface area contributed by atoms with E-state index in [-0.39, 0.29) is 29.2 Å². The summed E-state index contributed by atoms with van der Waals surface area (Å²) in [5.74, 6) is -0.211. The Morgan fingerprint density at radius 1 is 1.34 bits per heavy atom. The van der Waals surface area contributed by atoms with Crippen LogP contribution in [0.25, 0.3) is 0 Å². The molecule has 2 aliphatic rings. The Hall–Kier alpha value is -2.33. The minimum atomic E-state index is -3.02. The second kappa shape index (κ2) is 9.00. The lowest BCUT2D eigenvalue weighted by Crippen LogP contribution is -2.32. The van der Waals surface area contributed by atoms with Crippen molar-refractivity contribution >= 4 is 15.7 Å². The molecule has 1 fully saturated rings. The molecule has 0 saturated carbocycles. The standard InChI is InChI=1S/C22H29N3O3S/c1-3-21(18-9-8-16-6-4-5-7-17(16)12-18)24-22(26)19(13-23)14-25(2)20-10-11-29(27,28)15-20/h8-9,12,14,20-21H,3-7,10-11,15H2,1-2H3,(H,24,26)/b19-14-. The van der Waals surface area contributed by atoms with E-state index in [4.69, 9.17) is 0 Å². The molecule has 29 heavy (non-hydrogen) atoms. The largest absolute Gasteiger partial charge is 0.375 e. The quantitative estimate of drug-likeness (QED) is 0.570. The fraction of sp³-hybridized carbons (Fsp3) is 0.545. The first-order chi connectivity index (χ1) is 13.8. The molecular formula is C22H29N3O3S. The predicted octanol–water partition coefficient (Wildman–Crippen LogP) is 2.66. The van der Waals surface area contributed by atoms with Crippen molar-refractivity contribution in [1.82, 2.24) is 10.2 Å². The highest BCUT2D eigenvalue weighted by Crippen LogP contribution is 2.26. The van der Waals surface area contributed by atoms with E-state index < -0.39 is 15.7 Å². The van der Waals surface area contributed by atoms with Crippen LogP contribution in [0, 0.1) is 11.3 Å². The summed E-state index contributed by atoms with van der Waals surface area (Å²) < 4.78 is 23.4. The van der Waals surface area contributed by atoms with Crippen LogP contribution in [0.15, 0.2) is 30.0 Å². The maximum atomic E-state index is 12.7. The zero-order chi connectivity index (χ0) is 21.0. The average Bonchev–Trinajstić information content (AvgIpc) is 3.09. The molecule has 0 aromatic heterocycles. The van der Waals surface area contributed by atoms with Crippen molar-refractivity contribution < 1.29 is 13.2 Å². The summed E-state index contributed by atoms with van der Waals surface area (Å²) in [6.45, 7) is 2.01. The van der Waals surface area contributed by atoms with E-state index in [1.165, 1.54) is 30.2 Å². The number of nitriles is 1. The number of amides is 1. The molecule has 156 valence electrons. The molecule has 0 spiro atoms. The number of rotatable bonds is 6. The lowest BCUT2D eigenvalue weighted by atomic mass is 9.88. The van der Waals surface area contributed by atoms with Gasteiger partial charge in [0.05, 0.1) is 17.5 Å². The summed E-state index contributed by atoms with van der Waals surface area (Å²) in [7, 11) is -1.31. The van der Waals surface area contributed by atoms with Gasteiger partial charge in [-0.1, -0.05) is 25.1 Å². The van der Waals surface area contributed by atoms with Crippen LogP contribution in [0.1, 0.15) is 55.3 Å². The van der Waals surface area contributed by atoms with Gasteiger partial charge in [0.25, 0.3) is 5.91 Å². The maximum Gasteiger partial charge on any atom is 0.263 e. The molecule has 1 heterocycles. The molecule has 2 atom stereocenters. The van der Waals surface area contributed by atoms with Crippen LogP contribution in [0.4, 0.5) is 0 Å². The van der Waals surface area contributed by atoms with Gasteiger partial charge in [0, 0.05) is 19.3 Å². The SMILES string of the molecule is CCC(NC(=O)/C(C#N)=C\N(C)C1CCS(=O)(=O)C1)c1ccc2c(c1)CCCC2. The topological polar surface area (TPSA) is 90.3 Å². The number of carbonyl (C=O) groups excluding carboxylic acids is 1. The van der Waals surface area contributed by atoms with E-state index in [0.717, 1.165) is 24.8 Å². The van der Waals surface area contributed by atoms with Gasteiger partial charge in [-0.2, -0.15) is 5.26 Å². The number of nitrogens with one attached hydrogen (secondary N) is 1. The number of hydrogen-bond donors (Lipinski definition) is 1. The lowest BCUT2D eigenvalue weighted by molar-refractivity contribution is -0.117. The van der Waals surface area contributed by atoms with Gasteiger partial charge in [-0.25, -0.2) is 8.42 Å². The summed E-state index contributed by atoms with van der Waals surface area (Å²) in [4.78, 5) is 14.4. The Bertz CT molecular complexity index is 947. The van der Waals surface area contributed by atoms with Gasteiger partial charge in [-0.05, 0) is 55.2 Å². The smallest absolute Gasteiger partial charge is 0.263 e. The van der Waals surface area contributed by atoms with Gasteiger partial charge in [0.15, 0.2) is 9.84 Å². The first-order valence-electron chi connectivity index (χ1n) is 10.3. The molecule has 1 aromatic rings. The van der Waals surface area contributed by atoms with Gasteiger partial charge in [-0.15, -0.1) is 0 Å². The maximum absolute atomic E-state index is 12.7. The summed E-state index contributed by atoms with van der Waals surface area (Å²) in [6.07, 6.45) is 7.33. The summed E-state index contributed by atoms with van der Waals surface area (Å²) in [5, 5.41) is 12.5. The molecular weight excluding hydrogens is 386 g/mol. The van der Waals surface area contributed by atoms with Crippen molar-refractivity contribution in [2.75, 3.05) is 18.6 Å². The van der Waals surface area contributed by atoms with E-state index in [1.54, 1.807) is 11.9 Å². The number of carbonyl (C=O) groups is 1. The normalized spacial score (nSPS) is 21.7. The monoisotopic (exact) mass is 415 g/mol. The van der Waals surface area contributed by atoms with E-state index in [9.17, 15) is 18.5 Å². The molecule has 1 aliphatic heterocycles. The van der Waals surface area contributed by atoms with Gasteiger partial charge < -0.3 is 10.2 Å². The highest BCUT2D eigenvalue weighted by atomic mass is 32.2. The highest BCUT2D eigenvalue weighted by Gasteiger charge is 2.30. The Balaban J connectivity index is 1.71. The van der Waals surface area contributed by atoms with Crippen molar-refractivity contribution in [3.05, 3.63) is 46.7 Å². The Labute approximate surface area is 173 Å². The van der Waals surface area contributed by atoms with Gasteiger partial charge in [-0.3, -0.25) is 4.79 Å². The number of sulfone groups is 1. The molecule has 0 radical (unpaired) electrons. The van der Waals surface area contributed by atoms with Crippen molar-refractivity contribution in [2.24, 2.45) is 0 Å². The first kappa shape index (κ1) is 21.4. The van der Waals surface area contributed by atoms with Crippen molar-refractivity contribution in [1.29, 1.82) is 5.26 Å². The summed E-state index contributed by atoms with van der Waals surface area (Å²) >= 11 is 0. The summed E-state index contributed by atoms with van der Waals surface area (Å²) in [6, 6.07) is 8.03. The number of benzene rings is 1. The van der Waals surface area contributed by atoms with E-state index >= 15 is 0 Å². The number of fused-ring (bicyclic) bond motifs is 1. The molecule has 1 aromatic carbocycles.